The van der Waals surface area contributed by atoms with Gasteiger partial charge in [-0.1, -0.05) is 0 Å². The largest absolute Gasteiger partial charge is 0.301 e. The molecule has 1 saturated heterocycles. The third kappa shape index (κ3) is 5.02. The number of hydrogen-bond acceptors (Lipinski definition) is 6. The first-order valence-electron chi connectivity index (χ1n) is 8.30. The Hall–Kier alpha value is -1.51. The quantitative estimate of drug-likeness (QED) is 0.645. The van der Waals surface area contributed by atoms with E-state index in [1.165, 1.54) is 47.0 Å². The Morgan fingerprint density at radius 2 is 1.62 bits per heavy atom. The first kappa shape index (κ1) is 20.8. The molecule has 0 N–H and O–H groups in total. The Morgan fingerprint density at radius 3 is 2.12 bits per heavy atom. The predicted molar refractivity (Wildman–Crippen MR) is 98.4 cm³/mol. The zero-order valence-electron chi connectivity index (χ0n) is 15.0. The summed E-state index contributed by atoms with van der Waals surface area (Å²) >= 11 is 0. The fraction of sp³-hybridized carbons (Fsp3) is 0.562. The summed E-state index contributed by atoms with van der Waals surface area (Å²) in [5.41, 5.74) is 0.418. The van der Waals surface area contributed by atoms with Gasteiger partial charge in [-0.15, -0.1) is 0 Å². The van der Waals surface area contributed by atoms with Gasteiger partial charge in [0.05, 0.1) is 22.3 Å². The van der Waals surface area contributed by atoms with Crippen molar-refractivity contribution in [3.8, 4) is 6.07 Å². The minimum absolute atomic E-state index is 0.0871. The summed E-state index contributed by atoms with van der Waals surface area (Å²) in [4.78, 5) is 2.26. The lowest BCUT2D eigenvalue weighted by atomic mass is 10.2. The van der Waals surface area contributed by atoms with Gasteiger partial charge >= 0.3 is 0 Å². The molecule has 1 aliphatic rings. The van der Waals surface area contributed by atoms with Gasteiger partial charge in [-0.3, -0.25) is 0 Å². The van der Waals surface area contributed by atoms with Gasteiger partial charge in [0.2, 0.25) is 20.0 Å². The lowest BCUT2D eigenvalue weighted by Gasteiger charge is -2.34. The van der Waals surface area contributed by atoms with Gasteiger partial charge in [0.25, 0.3) is 0 Å². The normalized spacial score (nSPS) is 17.3. The van der Waals surface area contributed by atoms with Gasteiger partial charge < -0.3 is 4.90 Å². The van der Waals surface area contributed by atoms with Gasteiger partial charge in [-0.05, 0) is 37.2 Å². The topological polar surface area (TPSA) is 102 Å². The molecule has 1 fully saturated rings. The Morgan fingerprint density at radius 1 is 1.04 bits per heavy atom. The van der Waals surface area contributed by atoms with Crippen LogP contribution in [0.1, 0.15) is 12.0 Å². The number of nitriles is 1. The van der Waals surface area contributed by atoms with Crippen molar-refractivity contribution >= 4 is 20.0 Å². The van der Waals surface area contributed by atoms with E-state index in [9.17, 15) is 16.8 Å². The third-order valence-electron chi connectivity index (χ3n) is 4.39. The molecule has 1 heterocycles. The molecular formula is C16H24N4O4S2. The molecule has 0 bridgehead atoms. The number of piperazine rings is 1. The second kappa shape index (κ2) is 8.45. The highest BCUT2D eigenvalue weighted by atomic mass is 32.2. The molecule has 10 heteroatoms. The molecule has 0 saturated carbocycles. The number of benzene rings is 1. The van der Waals surface area contributed by atoms with Gasteiger partial charge in [-0.2, -0.15) is 9.57 Å². The second-order valence-electron chi connectivity index (χ2n) is 6.33. The summed E-state index contributed by atoms with van der Waals surface area (Å²) in [6.45, 7) is 2.48. The Labute approximate surface area is 155 Å². The van der Waals surface area contributed by atoms with Gasteiger partial charge in [0.1, 0.15) is 0 Å². The van der Waals surface area contributed by atoms with Crippen LogP contribution in [0.15, 0.2) is 29.2 Å². The van der Waals surface area contributed by atoms with Gasteiger partial charge in [0, 0.05) is 40.3 Å². The monoisotopic (exact) mass is 400 g/mol. The summed E-state index contributed by atoms with van der Waals surface area (Å²) in [6, 6.07) is 7.86. The van der Waals surface area contributed by atoms with Crippen LogP contribution < -0.4 is 0 Å². The summed E-state index contributed by atoms with van der Waals surface area (Å²) in [5, 5.41) is 8.80. The Kier molecular flexibility index (Phi) is 6.76. The molecule has 0 amide bonds. The van der Waals surface area contributed by atoms with Crippen molar-refractivity contribution in [1.82, 2.24) is 13.5 Å². The highest BCUT2D eigenvalue weighted by Crippen LogP contribution is 2.18. The fourth-order valence-corrected chi connectivity index (χ4v) is 4.98. The maximum absolute atomic E-state index is 12.7. The summed E-state index contributed by atoms with van der Waals surface area (Å²) in [5.74, 6) is 0.0871. The van der Waals surface area contributed by atoms with Gasteiger partial charge in [-0.25, -0.2) is 21.1 Å². The summed E-state index contributed by atoms with van der Waals surface area (Å²) in [6.07, 6.45) is 0.517. The van der Waals surface area contributed by atoms with E-state index in [0.29, 0.717) is 44.7 Å². The van der Waals surface area contributed by atoms with Crippen molar-refractivity contribution < 1.29 is 16.8 Å². The van der Waals surface area contributed by atoms with Crippen molar-refractivity contribution in [2.45, 2.75) is 11.3 Å². The number of hydrogen-bond donors (Lipinski definition) is 0. The number of nitrogens with zero attached hydrogens (tertiary/aromatic N) is 4. The molecule has 0 aliphatic carbocycles. The summed E-state index contributed by atoms with van der Waals surface area (Å²) in [7, 11) is -3.74. The van der Waals surface area contributed by atoms with Crippen LogP contribution in [-0.2, 0) is 20.0 Å². The van der Waals surface area contributed by atoms with Crippen LogP contribution in [0.3, 0.4) is 0 Å². The van der Waals surface area contributed by atoms with E-state index in [4.69, 9.17) is 5.26 Å². The lowest BCUT2D eigenvalue weighted by Crippen LogP contribution is -2.48. The molecule has 0 radical (unpaired) electrons. The smallest absolute Gasteiger partial charge is 0.243 e. The zero-order chi connectivity index (χ0) is 19.4. The average molecular weight is 401 g/mol. The average Bonchev–Trinajstić information content (AvgIpc) is 2.62. The summed E-state index contributed by atoms with van der Waals surface area (Å²) < 4.78 is 51.5. The molecule has 26 heavy (non-hydrogen) atoms. The van der Waals surface area contributed by atoms with E-state index < -0.39 is 20.0 Å². The van der Waals surface area contributed by atoms with E-state index in [1.807, 2.05) is 6.07 Å². The van der Waals surface area contributed by atoms with Crippen molar-refractivity contribution in [3.05, 3.63) is 29.8 Å². The molecule has 144 valence electrons. The maximum atomic E-state index is 12.7. The number of sulfonamides is 2. The molecule has 1 aromatic rings. The minimum atomic E-state index is -3.57. The van der Waals surface area contributed by atoms with E-state index in [-0.39, 0.29) is 10.6 Å². The van der Waals surface area contributed by atoms with Crippen LogP contribution in [0.5, 0.6) is 0 Å². The van der Waals surface area contributed by atoms with Crippen molar-refractivity contribution in [2.75, 3.05) is 52.6 Å². The fourth-order valence-electron chi connectivity index (χ4n) is 2.70. The van der Waals surface area contributed by atoms with Crippen LogP contribution in [0.2, 0.25) is 0 Å². The molecule has 2 rings (SSSR count). The molecular weight excluding hydrogens is 376 g/mol. The number of rotatable bonds is 7. The third-order valence-corrected chi connectivity index (χ3v) is 8.22. The predicted octanol–water partition coefficient (Wildman–Crippen LogP) is 0.146. The Balaban J connectivity index is 1.88. The van der Waals surface area contributed by atoms with E-state index in [0.717, 1.165) is 0 Å². The van der Waals surface area contributed by atoms with Crippen molar-refractivity contribution in [1.29, 1.82) is 5.26 Å². The van der Waals surface area contributed by atoms with E-state index in [2.05, 4.69) is 4.90 Å². The van der Waals surface area contributed by atoms with Crippen molar-refractivity contribution in [3.63, 3.8) is 0 Å². The minimum Gasteiger partial charge on any atom is -0.301 e. The van der Waals surface area contributed by atoms with E-state index in [1.54, 1.807) is 0 Å². The SMILES string of the molecule is CN(C)S(=O)(=O)CCCN1CCN(S(=O)(=O)c2ccc(C#N)cc2)CC1. The highest BCUT2D eigenvalue weighted by molar-refractivity contribution is 7.89. The van der Waals surface area contributed by atoms with Gasteiger partial charge in [0.15, 0.2) is 0 Å². The molecule has 0 unspecified atom stereocenters. The standard InChI is InChI=1S/C16H24N4O4S2/c1-18(2)25(21,22)13-3-8-19-9-11-20(12-10-19)26(23,24)16-6-4-15(14-17)5-7-16/h4-7H,3,8-13H2,1-2H3. The first-order valence-corrected chi connectivity index (χ1v) is 11.3. The molecule has 0 spiro atoms. The van der Waals surface area contributed by atoms with Crippen LogP contribution >= 0.6 is 0 Å². The van der Waals surface area contributed by atoms with Crippen LogP contribution in [0.4, 0.5) is 0 Å². The first-order chi connectivity index (χ1) is 12.2. The van der Waals surface area contributed by atoms with Crippen molar-refractivity contribution in [2.24, 2.45) is 0 Å². The van der Waals surface area contributed by atoms with Crippen LogP contribution in [0.25, 0.3) is 0 Å². The van der Waals surface area contributed by atoms with E-state index >= 15 is 0 Å². The molecule has 0 atom stereocenters. The van der Waals surface area contributed by atoms with Crippen LogP contribution in [-0.4, -0.2) is 82.9 Å². The molecule has 0 aromatic heterocycles. The van der Waals surface area contributed by atoms with Crippen LogP contribution in [0, 0.1) is 11.3 Å². The molecule has 8 nitrogen and oxygen atoms in total. The lowest BCUT2D eigenvalue weighted by molar-refractivity contribution is 0.189. The molecule has 1 aliphatic heterocycles. The second-order valence-corrected chi connectivity index (χ2v) is 10.6. The zero-order valence-corrected chi connectivity index (χ0v) is 16.6. The Bertz CT molecular complexity index is 851. The highest BCUT2D eigenvalue weighted by Gasteiger charge is 2.28. The molecule has 1 aromatic carbocycles. The maximum Gasteiger partial charge on any atom is 0.243 e.